The number of carbonyl (C=O) groups excluding carboxylic acids is 1. The van der Waals surface area contributed by atoms with Crippen LogP contribution in [0.1, 0.15) is 29.5 Å². The highest BCUT2D eigenvalue weighted by atomic mass is 32.2. The molecule has 0 spiro atoms. The molecule has 1 heterocycles. The molecule has 1 amide bonds. The second kappa shape index (κ2) is 11.6. The lowest BCUT2D eigenvalue weighted by molar-refractivity contribution is -0.137. The van der Waals surface area contributed by atoms with E-state index in [1.54, 1.807) is 12.1 Å². The molecule has 1 saturated heterocycles. The Kier molecular flexibility index (Phi) is 8.57. The number of hydrogen-bond donors (Lipinski definition) is 2. The van der Waals surface area contributed by atoms with E-state index in [0.717, 1.165) is 23.3 Å². The van der Waals surface area contributed by atoms with E-state index in [1.165, 1.54) is 34.6 Å². The van der Waals surface area contributed by atoms with E-state index in [1.807, 2.05) is 19.1 Å². The Bertz CT molecular complexity index is 1580. The van der Waals surface area contributed by atoms with Gasteiger partial charge < -0.3 is 5.32 Å². The van der Waals surface area contributed by atoms with Gasteiger partial charge in [-0.15, -0.1) is 0 Å². The van der Waals surface area contributed by atoms with Crippen LogP contribution in [0.15, 0.2) is 77.7 Å². The number of hydrogen-bond acceptors (Lipinski definition) is 5. The van der Waals surface area contributed by atoms with Crippen LogP contribution in [0.25, 0.3) is 0 Å². The van der Waals surface area contributed by atoms with Crippen LogP contribution in [-0.2, 0) is 36.8 Å². The van der Waals surface area contributed by atoms with E-state index in [-0.39, 0.29) is 35.3 Å². The Labute approximate surface area is 231 Å². The molecule has 0 radical (unpaired) electrons. The fraction of sp³-hybridized carbons (Fsp3) is 0.296. The molecule has 1 aliphatic heterocycles. The Morgan fingerprint density at radius 3 is 2.17 bits per heavy atom. The van der Waals surface area contributed by atoms with Crippen molar-refractivity contribution in [2.24, 2.45) is 5.92 Å². The number of nitrogens with one attached hydrogen (secondary N) is 2. The van der Waals surface area contributed by atoms with Crippen LogP contribution in [0, 0.1) is 12.8 Å². The van der Waals surface area contributed by atoms with Gasteiger partial charge in [0.2, 0.25) is 15.9 Å². The molecule has 13 heteroatoms. The van der Waals surface area contributed by atoms with Crippen LogP contribution in [0.5, 0.6) is 0 Å². The van der Waals surface area contributed by atoms with Crippen molar-refractivity contribution in [3.8, 4) is 0 Å². The van der Waals surface area contributed by atoms with Gasteiger partial charge in [0.15, 0.2) is 0 Å². The predicted octanol–water partition coefficient (Wildman–Crippen LogP) is 5.00. The third kappa shape index (κ3) is 7.20. The van der Waals surface area contributed by atoms with Crippen molar-refractivity contribution < 1.29 is 34.8 Å². The van der Waals surface area contributed by atoms with Gasteiger partial charge in [-0.25, -0.2) is 21.1 Å². The number of sulfonamides is 2. The number of carbonyl (C=O) groups is 1. The summed E-state index contributed by atoms with van der Waals surface area (Å²) in [7, 11) is -7.71. The van der Waals surface area contributed by atoms with Crippen LogP contribution in [-0.4, -0.2) is 40.1 Å². The fourth-order valence-electron chi connectivity index (χ4n) is 4.39. The molecule has 0 saturated carbocycles. The molecular weight excluding hydrogens is 567 g/mol. The van der Waals surface area contributed by atoms with Gasteiger partial charge >= 0.3 is 6.18 Å². The molecule has 1 fully saturated rings. The minimum absolute atomic E-state index is 0.103. The number of anilines is 2. The van der Waals surface area contributed by atoms with Gasteiger partial charge in [-0.05, 0) is 73.4 Å². The summed E-state index contributed by atoms with van der Waals surface area (Å²) in [4.78, 5) is 12.6. The topological polar surface area (TPSA) is 113 Å². The molecule has 0 unspecified atom stereocenters. The van der Waals surface area contributed by atoms with E-state index in [9.17, 15) is 34.8 Å². The highest BCUT2D eigenvalue weighted by molar-refractivity contribution is 7.92. The molecule has 0 bridgehead atoms. The molecule has 3 aromatic rings. The van der Waals surface area contributed by atoms with Crippen LogP contribution in [0.4, 0.5) is 24.5 Å². The molecule has 40 heavy (non-hydrogen) atoms. The predicted molar refractivity (Wildman–Crippen MR) is 145 cm³/mol. The summed E-state index contributed by atoms with van der Waals surface area (Å²) < 4.78 is 93.4. The van der Waals surface area contributed by atoms with Crippen molar-refractivity contribution in [3.05, 3.63) is 89.5 Å². The summed E-state index contributed by atoms with van der Waals surface area (Å²) in [5, 5.41) is 2.72. The third-order valence-corrected chi connectivity index (χ3v) is 9.92. The number of halogens is 3. The first-order valence-electron chi connectivity index (χ1n) is 12.4. The molecule has 1 aliphatic rings. The van der Waals surface area contributed by atoms with E-state index in [4.69, 9.17) is 0 Å². The molecule has 3 aromatic carbocycles. The maximum absolute atomic E-state index is 12.9. The van der Waals surface area contributed by atoms with Crippen molar-refractivity contribution in [1.29, 1.82) is 0 Å². The summed E-state index contributed by atoms with van der Waals surface area (Å²) >= 11 is 0. The Morgan fingerprint density at radius 1 is 0.900 bits per heavy atom. The van der Waals surface area contributed by atoms with Crippen LogP contribution >= 0.6 is 0 Å². The molecule has 0 atom stereocenters. The van der Waals surface area contributed by atoms with Gasteiger partial charge in [-0.2, -0.15) is 13.2 Å². The van der Waals surface area contributed by atoms with Gasteiger partial charge in [-0.1, -0.05) is 30.3 Å². The molecule has 214 valence electrons. The molecule has 2 N–H and O–H groups in total. The Hall–Kier alpha value is -3.42. The van der Waals surface area contributed by atoms with Crippen molar-refractivity contribution >= 4 is 37.3 Å². The first kappa shape index (κ1) is 29.6. The average Bonchev–Trinajstić information content (AvgIpc) is 2.90. The molecule has 0 aromatic heterocycles. The van der Waals surface area contributed by atoms with Crippen molar-refractivity contribution in [2.75, 3.05) is 23.1 Å². The first-order chi connectivity index (χ1) is 18.7. The van der Waals surface area contributed by atoms with Crippen LogP contribution in [0.2, 0.25) is 0 Å². The quantitative estimate of drug-likeness (QED) is 0.381. The normalized spacial score (nSPS) is 15.5. The zero-order chi connectivity index (χ0) is 29.1. The second-order valence-corrected chi connectivity index (χ2v) is 13.2. The van der Waals surface area contributed by atoms with Gasteiger partial charge in [0.1, 0.15) is 0 Å². The average molecular weight is 596 g/mol. The van der Waals surface area contributed by atoms with Crippen molar-refractivity contribution in [3.63, 3.8) is 0 Å². The SMILES string of the molecule is Cc1ccccc1CS(=O)(=O)N1CCC(C(=O)Nc2ccc(S(=O)(=O)Nc3cccc(C(F)(F)F)c3)cc2)CC1. The number of aryl methyl sites for hydroxylation is 1. The molecule has 4 rings (SSSR count). The lowest BCUT2D eigenvalue weighted by Gasteiger charge is -2.30. The number of rotatable bonds is 8. The Morgan fingerprint density at radius 2 is 1.55 bits per heavy atom. The lowest BCUT2D eigenvalue weighted by atomic mass is 9.97. The summed E-state index contributed by atoms with van der Waals surface area (Å²) in [6.45, 7) is 2.28. The monoisotopic (exact) mass is 595 g/mol. The maximum atomic E-state index is 12.9. The van der Waals surface area contributed by atoms with Crippen molar-refractivity contribution in [2.45, 2.75) is 36.6 Å². The minimum Gasteiger partial charge on any atom is -0.326 e. The molecular formula is C27H28F3N3O5S2. The van der Waals surface area contributed by atoms with E-state index >= 15 is 0 Å². The number of nitrogens with zero attached hydrogens (tertiary/aromatic N) is 1. The Balaban J connectivity index is 1.33. The lowest BCUT2D eigenvalue weighted by Crippen LogP contribution is -2.41. The summed E-state index contributed by atoms with van der Waals surface area (Å²) in [6.07, 6.45) is -3.94. The van der Waals surface area contributed by atoms with Crippen LogP contribution in [0.3, 0.4) is 0 Å². The minimum atomic E-state index is -4.62. The van der Waals surface area contributed by atoms with E-state index in [2.05, 4.69) is 10.0 Å². The fourth-order valence-corrected chi connectivity index (χ4v) is 7.11. The highest BCUT2D eigenvalue weighted by Gasteiger charge is 2.32. The molecule has 0 aliphatic carbocycles. The standard InChI is InChI=1S/C27H28F3N3O5S2/c1-19-5-2-3-6-21(19)18-39(35,36)33-15-13-20(14-16-33)26(34)31-23-9-11-25(12-10-23)40(37,38)32-24-8-4-7-22(17-24)27(28,29)30/h2-12,17,20,32H,13-16,18H2,1H3,(H,31,34). The zero-order valence-corrected chi connectivity index (χ0v) is 23.1. The summed E-state index contributed by atoms with van der Waals surface area (Å²) in [5.41, 5.74) is 0.737. The van der Waals surface area contributed by atoms with Gasteiger partial charge in [0.25, 0.3) is 10.0 Å². The van der Waals surface area contributed by atoms with Gasteiger partial charge in [-0.3, -0.25) is 9.52 Å². The van der Waals surface area contributed by atoms with E-state index < -0.39 is 37.7 Å². The smallest absolute Gasteiger partial charge is 0.326 e. The third-order valence-electron chi connectivity index (χ3n) is 6.69. The van der Waals surface area contributed by atoms with Crippen LogP contribution < -0.4 is 10.0 Å². The van der Waals surface area contributed by atoms with Gasteiger partial charge in [0.05, 0.1) is 16.2 Å². The number of amides is 1. The van der Waals surface area contributed by atoms with Crippen molar-refractivity contribution in [1.82, 2.24) is 4.31 Å². The first-order valence-corrected chi connectivity index (χ1v) is 15.5. The number of piperidine rings is 1. The molecule has 8 nitrogen and oxygen atoms in total. The number of benzene rings is 3. The second-order valence-electron chi connectivity index (χ2n) is 9.55. The maximum Gasteiger partial charge on any atom is 0.416 e. The summed E-state index contributed by atoms with van der Waals surface area (Å²) in [6, 6.07) is 16.3. The summed E-state index contributed by atoms with van der Waals surface area (Å²) in [5.74, 6) is -0.835. The zero-order valence-electron chi connectivity index (χ0n) is 21.5. The largest absolute Gasteiger partial charge is 0.416 e. The highest BCUT2D eigenvalue weighted by Crippen LogP contribution is 2.31. The number of alkyl halides is 3. The van der Waals surface area contributed by atoms with E-state index in [0.29, 0.717) is 24.6 Å². The van der Waals surface area contributed by atoms with Gasteiger partial charge in [0, 0.05) is 30.4 Å².